The molecule has 2 heterocycles. The number of methoxy groups -OCH3 is 2. The molecule has 0 saturated carbocycles. The molecule has 1 fully saturated rings. The van der Waals surface area contributed by atoms with E-state index in [-0.39, 0.29) is 28.4 Å². The highest BCUT2D eigenvalue weighted by Gasteiger charge is 2.48. The fourth-order valence-corrected chi connectivity index (χ4v) is 4.59. The van der Waals surface area contributed by atoms with E-state index in [2.05, 4.69) is 9.97 Å². The summed E-state index contributed by atoms with van der Waals surface area (Å²) in [7, 11) is 2.89. The number of benzene rings is 3. The summed E-state index contributed by atoms with van der Waals surface area (Å²) in [5.41, 5.74) is 2.29. The summed E-state index contributed by atoms with van der Waals surface area (Å²) in [6.45, 7) is 1.87. The largest absolute Gasteiger partial charge is 0.507 e. The zero-order valence-corrected chi connectivity index (χ0v) is 20.7. The van der Waals surface area contributed by atoms with Crippen LogP contribution in [-0.2, 0) is 9.59 Å². The van der Waals surface area contributed by atoms with Crippen LogP contribution < -0.4 is 14.4 Å². The Bertz CT molecular complexity index is 1650. The number of carbonyl (C=O) groups is 3. The van der Waals surface area contributed by atoms with Crippen molar-refractivity contribution in [2.24, 2.45) is 0 Å². The minimum Gasteiger partial charge on any atom is -0.507 e. The SMILES string of the molecule is COc1ccc(OC)c(/C(O)=C2\C(=O)C(=O)N(c3nc4ccc(C(=O)O)cc4[nH]3)C2c2cccc(C)c2)c1. The zero-order chi connectivity index (χ0) is 27.1. The van der Waals surface area contributed by atoms with E-state index in [4.69, 9.17) is 9.47 Å². The van der Waals surface area contributed by atoms with Gasteiger partial charge < -0.3 is 24.7 Å². The van der Waals surface area contributed by atoms with Crippen molar-refractivity contribution < 1.29 is 34.1 Å². The first-order valence-corrected chi connectivity index (χ1v) is 11.6. The number of nitrogens with zero attached hydrogens (tertiary/aromatic N) is 2. The lowest BCUT2D eigenvalue weighted by Gasteiger charge is -2.23. The minimum absolute atomic E-state index is 0.0350. The number of aromatic carboxylic acids is 1. The third-order valence-electron chi connectivity index (χ3n) is 6.41. The van der Waals surface area contributed by atoms with E-state index in [1.54, 1.807) is 24.3 Å². The van der Waals surface area contributed by atoms with Crippen LogP contribution in [0.1, 0.15) is 33.1 Å². The van der Waals surface area contributed by atoms with E-state index < -0.39 is 29.5 Å². The Morgan fingerprint density at radius 3 is 2.47 bits per heavy atom. The van der Waals surface area contributed by atoms with Crippen molar-refractivity contribution in [3.8, 4) is 11.5 Å². The average Bonchev–Trinajstić information content (AvgIpc) is 3.45. The normalized spacial score (nSPS) is 16.7. The Kier molecular flexibility index (Phi) is 6.08. The van der Waals surface area contributed by atoms with Crippen LogP contribution in [0, 0.1) is 6.92 Å². The lowest BCUT2D eigenvalue weighted by atomic mass is 9.94. The fraction of sp³-hybridized carbons (Fsp3) is 0.143. The molecule has 1 unspecified atom stereocenters. The highest BCUT2D eigenvalue weighted by Crippen LogP contribution is 2.43. The zero-order valence-electron chi connectivity index (χ0n) is 20.7. The molecule has 0 bridgehead atoms. The lowest BCUT2D eigenvalue weighted by molar-refractivity contribution is -0.132. The van der Waals surface area contributed by atoms with Crippen LogP contribution in [0.25, 0.3) is 16.8 Å². The van der Waals surface area contributed by atoms with Gasteiger partial charge in [-0.2, -0.15) is 0 Å². The average molecular weight is 514 g/mol. The summed E-state index contributed by atoms with van der Waals surface area (Å²) in [6, 6.07) is 15.2. The number of nitrogens with one attached hydrogen (secondary N) is 1. The van der Waals surface area contributed by atoms with Crippen molar-refractivity contribution in [1.29, 1.82) is 0 Å². The number of aromatic nitrogens is 2. The molecular weight excluding hydrogens is 490 g/mol. The number of imidazole rings is 1. The number of rotatable bonds is 6. The second kappa shape index (κ2) is 9.40. The molecular formula is C28H23N3O7. The van der Waals surface area contributed by atoms with E-state index >= 15 is 0 Å². The predicted molar refractivity (Wildman–Crippen MR) is 139 cm³/mol. The Labute approximate surface area is 216 Å². The molecule has 0 spiro atoms. The molecule has 3 aromatic carbocycles. The number of ether oxygens (including phenoxy) is 2. The number of hydrogen-bond donors (Lipinski definition) is 3. The van der Waals surface area contributed by atoms with Crippen LogP contribution in [0.4, 0.5) is 5.95 Å². The standard InChI is InChI=1S/C28H23N3O7/c1-14-5-4-6-15(11-14)23-22(24(32)18-13-17(37-2)8-10-21(18)38-3)25(33)26(34)31(23)28-29-19-9-7-16(27(35)36)12-20(19)30-28/h4-13,23,32H,1-3H3,(H,29,30)(H,35,36)/b24-22+. The molecule has 10 nitrogen and oxygen atoms in total. The number of hydrogen-bond acceptors (Lipinski definition) is 7. The van der Waals surface area contributed by atoms with Crippen molar-refractivity contribution in [3.05, 3.63) is 88.5 Å². The third kappa shape index (κ3) is 4.01. The van der Waals surface area contributed by atoms with Gasteiger partial charge in [-0.15, -0.1) is 0 Å². The molecule has 0 radical (unpaired) electrons. The first-order valence-electron chi connectivity index (χ1n) is 11.6. The number of carboxylic acids is 1. The van der Waals surface area contributed by atoms with Crippen molar-refractivity contribution >= 4 is 40.4 Å². The van der Waals surface area contributed by atoms with Crippen molar-refractivity contribution in [2.75, 3.05) is 19.1 Å². The molecule has 1 atom stereocenters. The molecule has 1 aliphatic heterocycles. The fourth-order valence-electron chi connectivity index (χ4n) is 4.59. The van der Waals surface area contributed by atoms with Gasteiger partial charge in [0.2, 0.25) is 5.95 Å². The Morgan fingerprint density at radius 2 is 1.79 bits per heavy atom. The Hall–Kier alpha value is -5.12. The Balaban J connectivity index is 1.75. The van der Waals surface area contributed by atoms with Gasteiger partial charge in [0.1, 0.15) is 17.3 Å². The third-order valence-corrected chi connectivity index (χ3v) is 6.41. The summed E-state index contributed by atoms with van der Waals surface area (Å²) in [4.78, 5) is 47.0. The maximum absolute atomic E-state index is 13.5. The number of ketones is 1. The number of Topliss-reactive ketones (excluding diaryl/α,β-unsaturated/α-hetero) is 1. The molecule has 3 N–H and O–H groups in total. The van der Waals surface area contributed by atoms with E-state index in [1.165, 1.54) is 43.4 Å². The number of amides is 1. The number of fused-ring (bicyclic) bond motifs is 1. The number of aliphatic hydroxyl groups excluding tert-OH is 1. The molecule has 1 amide bonds. The molecule has 38 heavy (non-hydrogen) atoms. The quantitative estimate of drug-likeness (QED) is 0.198. The van der Waals surface area contributed by atoms with Gasteiger partial charge >= 0.3 is 11.9 Å². The van der Waals surface area contributed by atoms with Crippen LogP contribution in [0.2, 0.25) is 0 Å². The predicted octanol–water partition coefficient (Wildman–Crippen LogP) is 4.21. The maximum atomic E-state index is 13.5. The van der Waals surface area contributed by atoms with Gasteiger partial charge in [0.15, 0.2) is 0 Å². The molecule has 5 rings (SSSR count). The van der Waals surface area contributed by atoms with E-state index in [1.807, 2.05) is 19.1 Å². The monoisotopic (exact) mass is 513 g/mol. The van der Waals surface area contributed by atoms with Crippen molar-refractivity contribution in [2.45, 2.75) is 13.0 Å². The second-order valence-electron chi connectivity index (χ2n) is 8.75. The van der Waals surface area contributed by atoms with Crippen molar-refractivity contribution in [1.82, 2.24) is 9.97 Å². The van der Waals surface area contributed by atoms with E-state index in [0.29, 0.717) is 22.3 Å². The topological polar surface area (TPSA) is 142 Å². The van der Waals surface area contributed by atoms with Crippen LogP contribution >= 0.6 is 0 Å². The van der Waals surface area contributed by atoms with Crippen LogP contribution in [0.3, 0.4) is 0 Å². The highest BCUT2D eigenvalue weighted by molar-refractivity contribution is 6.51. The minimum atomic E-state index is -1.12. The maximum Gasteiger partial charge on any atom is 0.335 e. The molecule has 0 aliphatic carbocycles. The second-order valence-corrected chi connectivity index (χ2v) is 8.75. The van der Waals surface area contributed by atoms with Crippen LogP contribution in [0.5, 0.6) is 11.5 Å². The number of aromatic amines is 1. The summed E-state index contributed by atoms with van der Waals surface area (Å²) in [6.07, 6.45) is 0. The number of carbonyl (C=O) groups excluding carboxylic acids is 2. The number of aliphatic hydroxyl groups is 1. The number of carboxylic acid groups (broad SMARTS) is 1. The molecule has 192 valence electrons. The summed E-state index contributed by atoms with van der Waals surface area (Å²) >= 11 is 0. The van der Waals surface area contributed by atoms with Crippen LogP contribution in [-0.4, -0.2) is 52.1 Å². The summed E-state index contributed by atoms with van der Waals surface area (Å²) in [5, 5.41) is 20.8. The lowest BCUT2D eigenvalue weighted by Crippen LogP contribution is -2.30. The highest BCUT2D eigenvalue weighted by atomic mass is 16.5. The molecule has 4 aromatic rings. The number of aryl methyl sites for hydroxylation is 1. The number of anilines is 1. The molecule has 1 aromatic heterocycles. The molecule has 1 saturated heterocycles. The van der Waals surface area contributed by atoms with E-state index in [9.17, 15) is 24.6 Å². The molecule has 1 aliphatic rings. The summed E-state index contributed by atoms with van der Waals surface area (Å²) < 4.78 is 10.7. The van der Waals surface area contributed by atoms with E-state index in [0.717, 1.165) is 5.56 Å². The first kappa shape index (κ1) is 24.6. The summed E-state index contributed by atoms with van der Waals surface area (Å²) in [5.74, 6) is -2.63. The van der Waals surface area contributed by atoms with Gasteiger partial charge in [-0.05, 0) is 48.9 Å². The van der Waals surface area contributed by atoms with Gasteiger partial charge in [0.25, 0.3) is 5.78 Å². The van der Waals surface area contributed by atoms with Gasteiger partial charge in [-0.1, -0.05) is 29.8 Å². The first-order chi connectivity index (χ1) is 18.2. The van der Waals surface area contributed by atoms with Gasteiger partial charge in [0, 0.05) is 0 Å². The van der Waals surface area contributed by atoms with Gasteiger partial charge in [-0.25, -0.2) is 9.78 Å². The number of H-pyrrole nitrogens is 1. The van der Waals surface area contributed by atoms with Crippen LogP contribution in [0.15, 0.2) is 66.2 Å². The van der Waals surface area contributed by atoms with Gasteiger partial charge in [0.05, 0.1) is 48.0 Å². The molecule has 10 heteroatoms. The Morgan fingerprint density at radius 1 is 1.00 bits per heavy atom. The smallest absolute Gasteiger partial charge is 0.335 e. The van der Waals surface area contributed by atoms with Crippen molar-refractivity contribution in [3.63, 3.8) is 0 Å². The van der Waals surface area contributed by atoms with Gasteiger partial charge in [-0.3, -0.25) is 14.5 Å².